The first-order valence-electron chi connectivity index (χ1n) is 6.73. The first kappa shape index (κ1) is 23.1. The van der Waals surface area contributed by atoms with Crippen LogP contribution in [0.3, 0.4) is 0 Å². The zero-order valence-corrected chi connectivity index (χ0v) is 15.5. The molecule has 0 saturated heterocycles. The minimum absolute atomic E-state index is 0. The monoisotopic (exact) mass is 320 g/mol. The fraction of sp³-hybridized carbons (Fsp3) is 1.00. The van der Waals surface area contributed by atoms with Crippen LogP contribution < -0.4 is 29.6 Å². The van der Waals surface area contributed by atoms with E-state index in [1.165, 1.54) is 0 Å². The molecule has 0 aliphatic heterocycles. The topological polar surface area (TPSA) is 84.9 Å². The Balaban J connectivity index is 0. The van der Waals surface area contributed by atoms with Crippen LogP contribution in [0.4, 0.5) is 0 Å². The first-order valence-corrected chi connectivity index (χ1v) is 8.31. The summed E-state index contributed by atoms with van der Waals surface area (Å²) in [6, 6.07) is 0. The molecule has 0 spiro atoms. The molecule has 0 aliphatic carbocycles. The fourth-order valence-corrected chi connectivity index (χ4v) is 1.83. The molecule has 0 N–H and O–H groups in total. The van der Waals surface area contributed by atoms with E-state index in [1.807, 2.05) is 0 Å². The van der Waals surface area contributed by atoms with Gasteiger partial charge in [-0.05, 0) is 19.3 Å². The molecule has 116 valence electrons. The molecule has 0 fully saturated rings. The Kier molecular flexibility index (Phi) is 18.6. The van der Waals surface area contributed by atoms with E-state index < -0.39 is 10.1 Å². The Morgan fingerprint density at radius 1 is 0.800 bits per heavy atom. The van der Waals surface area contributed by atoms with E-state index in [2.05, 4.69) is 6.92 Å². The van der Waals surface area contributed by atoms with Crippen LogP contribution in [0, 0.1) is 0 Å². The number of hydrogen-bond donors (Lipinski definition) is 0. The van der Waals surface area contributed by atoms with Crippen molar-refractivity contribution in [2.24, 2.45) is 0 Å². The molecular weight excluding hydrogens is 295 g/mol. The Hall–Kier alpha value is 0.790. The van der Waals surface area contributed by atoms with Crippen LogP contribution in [0.5, 0.6) is 0 Å². The van der Waals surface area contributed by atoms with Crippen LogP contribution >= 0.6 is 0 Å². The van der Waals surface area contributed by atoms with Crippen LogP contribution in [-0.4, -0.2) is 58.4 Å². The number of ether oxygens (including phenoxy) is 3. The summed E-state index contributed by atoms with van der Waals surface area (Å²) >= 11 is 0. The number of unbranched alkanes of at least 4 members (excludes halogenated alkanes) is 2. The van der Waals surface area contributed by atoms with Gasteiger partial charge >= 0.3 is 29.6 Å². The molecule has 0 aromatic rings. The Morgan fingerprint density at radius 2 is 1.25 bits per heavy atom. The van der Waals surface area contributed by atoms with Gasteiger partial charge in [-0.25, -0.2) is 8.42 Å². The zero-order valence-electron chi connectivity index (χ0n) is 12.6. The van der Waals surface area contributed by atoms with E-state index in [1.54, 1.807) is 0 Å². The van der Waals surface area contributed by atoms with Crippen molar-refractivity contribution in [1.29, 1.82) is 0 Å². The third-order valence-electron chi connectivity index (χ3n) is 2.32. The van der Waals surface area contributed by atoms with Crippen LogP contribution in [0.25, 0.3) is 0 Å². The molecule has 0 bridgehead atoms. The average Bonchev–Trinajstić information content (AvgIpc) is 2.34. The summed E-state index contributed by atoms with van der Waals surface area (Å²) in [5.41, 5.74) is 0. The summed E-state index contributed by atoms with van der Waals surface area (Å²) in [4.78, 5) is 0. The second kappa shape index (κ2) is 16.2. The SMILES string of the molecule is CCCCOCCOCCOCCCCS(=O)(=O)[O-].[Na+]. The van der Waals surface area contributed by atoms with Crippen molar-refractivity contribution in [2.45, 2.75) is 32.6 Å². The van der Waals surface area contributed by atoms with Crippen molar-refractivity contribution >= 4 is 10.1 Å². The van der Waals surface area contributed by atoms with Gasteiger partial charge in [0.25, 0.3) is 0 Å². The maximum Gasteiger partial charge on any atom is 1.00 e. The van der Waals surface area contributed by atoms with Gasteiger partial charge in [0.15, 0.2) is 0 Å². The fourth-order valence-electron chi connectivity index (χ4n) is 1.27. The van der Waals surface area contributed by atoms with Gasteiger partial charge in [-0.15, -0.1) is 0 Å². The minimum Gasteiger partial charge on any atom is -0.748 e. The van der Waals surface area contributed by atoms with Gasteiger partial charge in [0, 0.05) is 19.0 Å². The summed E-state index contributed by atoms with van der Waals surface area (Å²) in [6.07, 6.45) is 3.12. The summed E-state index contributed by atoms with van der Waals surface area (Å²) in [5.74, 6) is -0.318. The molecule has 0 aromatic carbocycles. The van der Waals surface area contributed by atoms with Gasteiger partial charge in [-0.3, -0.25) is 0 Å². The predicted octanol–water partition coefficient (Wildman–Crippen LogP) is -1.83. The Labute approximate surface area is 144 Å². The van der Waals surface area contributed by atoms with Gasteiger partial charge in [-0.2, -0.15) is 0 Å². The summed E-state index contributed by atoms with van der Waals surface area (Å²) in [7, 11) is -4.08. The van der Waals surface area contributed by atoms with Crippen LogP contribution in [0.2, 0.25) is 0 Å². The third-order valence-corrected chi connectivity index (χ3v) is 3.11. The van der Waals surface area contributed by atoms with Crippen molar-refractivity contribution in [2.75, 3.05) is 45.4 Å². The quantitative estimate of drug-likeness (QED) is 0.213. The second-order valence-corrected chi connectivity index (χ2v) is 5.68. The molecule has 0 radical (unpaired) electrons. The molecule has 0 saturated carbocycles. The van der Waals surface area contributed by atoms with Gasteiger partial charge in [-0.1, -0.05) is 13.3 Å². The summed E-state index contributed by atoms with van der Waals surface area (Å²) in [6.45, 7) is 5.47. The molecule has 0 rings (SSSR count). The molecule has 8 heteroatoms. The van der Waals surface area contributed by atoms with E-state index in [9.17, 15) is 13.0 Å². The van der Waals surface area contributed by atoms with Crippen LogP contribution in [-0.2, 0) is 24.3 Å². The zero-order chi connectivity index (χ0) is 14.4. The van der Waals surface area contributed by atoms with E-state index in [4.69, 9.17) is 14.2 Å². The first-order chi connectivity index (χ1) is 9.06. The maximum atomic E-state index is 10.3. The largest absolute Gasteiger partial charge is 1.00 e. The van der Waals surface area contributed by atoms with Crippen LogP contribution in [0.15, 0.2) is 0 Å². The van der Waals surface area contributed by atoms with E-state index in [0.29, 0.717) is 45.9 Å². The molecule has 0 heterocycles. The average molecular weight is 320 g/mol. The number of hydrogen-bond acceptors (Lipinski definition) is 6. The normalized spacial score (nSPS) is 11.3. The molecular formula is C12H25NaO6S. The predicted molar refractivity (Wildman–Crippen MR) is 71.2 cm³/mol. The Bertz CT molecular complexity index is 284. The molecule has 0 aromatic heterocycles. The summed E-state index contributed by atoms with van der Waals surface area (Å²) < 4.78 is 46.7. The van der Waals surface area contributed by atoms with Crippen molar-refractivity contribution in [1.82, 2.24) is 0 Å². The second-order valence-electron chi connectivity index (χ2n) is 4.16. The summed E-state index contributed by atoms with van der Waals surface area (Å²) in [5, 5.41) is 0. The van der Waals surface area contributed by atoms with Gasteiger partial charge in [0.1, 0.15) is 0 Å². The van der Waals surface area contributed by atoms with E-state index in [0.717, 1.165) is 19.4 Å². The molecule has 0 atom stereocenters. The number of rotatable bonds is 14. The minimum atomic E-state index is -4.08. The molecule has 6 nitrogen and oxygen atoms in total. The smallest absolute Gasteiger partial charge is 0.748 e. The van der Waals surface area contributed by atoms with Crippen molar-refractivity contribution in [3.8, 4) is 0 Å². The molecule has 0 aliphatic rings. The van der Waals surface area contributed by atoms with Gasteiger partial charge in [0.2, 0.25) is 0 Å². The standard InChI is InChI=1S/C12H26O6S.Na/c1-2-3-6-16-8-10-18-11-9-17-7-4-5-12-19(13,14)15;/h2-12H2,1H3,(H,13,14,15);/q;+1/p-1. The van der Waals surface area contributed by atoms with Crippen molar-refractivity contribution in [3.05, 3.63) is 0 Å². The Morgan fingerprint density at radius 3 is 1.70 bits per heavy atom. The molecule has 0 unspecified atom stereocenters. The third kappa shape index (κ3) is 21.1. The van der Waals surface area contributed by atoms with E-state index >= 15 is 0 Å². The van der Waals surface area contributed by atoms with Crippen molar-refractivity contribution < 1.29 is 56.7 Å². The maximum absolute atomic E-state index is 10.3. The van der Waals surface area contributed by atoms with Crippen LogP contribution in [0.1, 0.15) is 32.6 Å². The van der Waals surface area contributed by atoms with E-state index in [-0.39, 0.29) is 35.3 Å². The molecule has 20 heavy (non-hydrogen) atoms. The molecule has 0 amide bonds. The van der Waals surface area contributed by atoms with Gasteiger partial charge < -0.3 is 18.8 Å². The van der Waals surface area contributed by atoms with Gasteiger partial charge in [0.05, 0.1) is 36.5 Å². The van der Waals surface area contributed by atoms with Crippen molar-refractivity contribution in [3.63, 3.8) is 0 Å².